The first-order chi connectivity index (χ1) is 12.7. The van der Waals surface area contributed by atoms with Crippen molar-refractivity contribution in [3.8, 4) is 5.75 Å². The van der Waals surface area contributed by atoms with E-state index in [4.69, 9.17) is 9.47 Å². The molecule has 150 valence electrons. The van der Waals surface area contributed by atoms with Gasteiger partial charge in [0, 0.05) is 30.9 Å². The van der Waals surface area contributed by atoms with Gasteiger partial charge in [0.25, 0.3) is 0 Å². The SMILES string of the molecule is Cc1c(NC(=O)N2CCC3OCCN(C)C3C2)cccc1OCC(F)(F)F. The fourth-order valence-electron chi connectivity index (χ4n) is 3.49. The predicted molar refractivity (Wildman–Crippen MR) is 94.1 cm³/mol. The third-order valence-electron chi connectivity index (χ3n) is 5.07. The summed E-state index contributed by atoms with van der Waals surface area (Å²) in [5.74, 6) is 0.101. The molecule has 6 nitrogen and oxygen atoms in total. The van der Waals surface area contributed by atoms with Crippen LogP contribution in [0.2, 0.25) is 0 Å². The van der Waals surface area contributed by atoms with Crippen LogP contribution < -0.4 is 10.1 Å². The number of fused-ring (bicyclic) bond motifs is 1. The number of nitrogens with one attached hydrogen (secondary N) is 1. The highest BCUT2D eigenvalue weighted by molar-refractivity contribution is 5.90. The first kappa shape index (κ1) is 19.8. The highest BCUT2D eigenvalue weighted by atomic mass is 19.4. The number of amides is 2. The molecule has 1 N–H and O–H groups in total. The summed E-state index contributed by atoms with van der Waals surface area (Å²) in [6.45, 7) is 2.91. The molecule has 0 spiro atoms. The number of alkyl halides is 3. The van der Waals surface area contributed by atoms with Crippen LogP contribution in [0.25, 0.3) is 0 Å². The Kier molecular flexibility index (Phi) is 5.81. The summed E-state index contributed by atoms with van der Waals surface area (Å²) < 4.78 is 47.8. The number of anilines is 1. The fourth-order valence-corrected chi connectivity index (χ4v) is 3.49. The molecule has 3 rings (SSSR count). The van der Waals surface area contributed by atoms with Crippen molar-refractivity contribution in [3.63, 3.8) is 0 Å². The maximum absolute atomic E-state index is 12.7. The molecule has 2 aliphatic heterocycles. The smallest absolute Gasteiger partial charge is 0.422 e. The van der Waals surface area contributed by atoms with E-state index in [9.17, 15) is 18.0 Å². The normalized spacial score (nSPS) is 23.7. The number of rotatable bonds is 3. The largest absolute Gasteiger partial charge is 0.484 e. The lowest BCUT2D eigenvalue weighted by Crippen LogP contribution is -2.60. The number of morpholine rings is 1. The van der Waals surface area contributed by atoms with Gasteiger partial charge < -0.3 is 19.7 Å². The predicted octanol–water partition coefficient (Wildman–Crippen LogP) is 2.87. The van der Waals surface area contributed by atoms with Crippen molar-refractivity contribution in [1.29, 1.82) is 0 Å². The Labute approximate surface area is 156 Å². The van der Waals surface area contributed by atoms with Crippen LogP contribution in [0.1, 0.15) is 12.0 Å². The van der Waals surface area contributed by atoms with E-state index in [0.29, 0.717) is 30.9 Å². The van der Waals surface area contributed by atoms with Crippen molar-refractivity contribution >= 4 is 11.7 Å². The maximum Gasteiger partial charge on any atom is 0.422 e. The number of likely N-dealkylation sites (N-methyl/N-ethyl adjacent to an activating group) is 1. The summed E-state index contributed by atoms with van der Waals surface area (Å²) in [5.41, 5.74) is 0.901. The van der Waals surface area contributed by atoms with Crippen LogP contribution in [0, 0.1) is 6.92 Å². The summed E-state index contributed by atoms with van der Waals surface area (Å²) in [7, 11) is 2.02. The summed E-state index contributed by atoms with van der Waals surface area (Å²) in [6.07, 6.45) is -3.52. The zero-order valence-electron chi connectivity index (χ0n) is 15.4. The lowest BCUT2D eigenvalue weighted by Gasteiger charge is -2.45. The Morgan fingerprint density at radius 1 is 1.37 bits per heavy atom. The van der Waals surface area contributed by atoms with Crippen LogP contribution in [-0.4, -0.2) is 74.0 Å². The summed E-state index contributed by atoms with van der Waals surface area (Å²) >= 11 is 0. The average molecular weight is 387 g/mol. The molecule has 0 bridgehead atoms. The second kappa shape index (κ2) is 7.93. The van der Waals surface area contributed by atoms with Gasteiger partial charge in [0.15, 0.2) is 6.61 Å². The number of hydrogen-bond donors (Lipinski definition) is 1. The zero-order chi connectivity index (χ0) is 19.6. The third-order valence-corrected chi connectivity index (χ3v) is 5.07. The second-order valence-electron chi connectivity index (χ2n) is 6.95. The lowest BCUT2D eigenvalue weighted by molar-refractivity contribution is -0.153. The molecule has 0 saturated carbocycles. The molecule has 2 atom stereocenters. The van der Waals surface area contributed by atoms with Crippen molar-refractivity contribution in [2.45, 2.75) is 31.7 Å². The van der Waals surface area contributed by atoms with Crippen LogP contribution in [0.5, 0.6) is 5.75 Å². The molecule has 9 heteroatoms. The number of carbonyl (C=O) groups is 1. The van der Waals surface area contributed by atoms with Crippen LogP contribution >= 0.6 is 0 Å². The molecule has 2 saturated heterocycles. The molecule has 1 aromatic rings. The van der Waals surface area contributed by atoms with Crippen LogP contribution in [0.3, 0.4) is 0 Å². The van der Waals surface area contributed by atoms with E-state index in [-0.39, 0.29) is 23.9 Å². The van der Waals surface area contributed by atoms with Gasteiger partial charge in [-0.15, -0.1) is 0 Å². The van der Waals surface area contributed by atoms with E-state index >= 15 is 0 Å². The molecule has 0 aliphatic carbocycles. The van der Waals surface area contributed by atoms with Gasteiger partial charge >= 0.3 is 12.2 Å². The molecular weight excluding hydrogens is 363 g/mol. The van der Waals surface area contributed by atoms with E-state index in [1.54, 1.807) is 24.0 Å². The number of likely N-dealkylation sites (tertiary alicyclic amines) is 1. The van der Waals surface area contributed by atoms with E-state index in [0.717, 1.165) is 13.0 Å². The van der Waals surface area contributed by atoms with Crippen molar-refractivity contribution in [2.75, 3.05) is 45.2 Å². The van der Waals surface area contributed by atoms with E-state index < -0.39 is 12.8 Å². The number of hydrogen-bond acceptors (Lipinski definition) is 4. The number of piperidine rings is 1. The molecule has 2 amide bonds. The van der Waals surface area contributed by atoms with Gasteiger partial charge in [-0.25, -0.2) is 4.79 Å². The number of ether oxygens (including phenoxy) is 2. The van der Waals surface area contributed by atoms with Gasteiger partial charge in [0.1, 0.15) is 5.75 Å². The molecule has 2 fully saturated rings. The Hall–Kier alpha value is -2.00. The first-order valence-corrected chi connectivity index (χ1v) is 8.91. The molecule has 0 aromatic heterocycles. The molecule has 2 unspecified atom stereocenters. The number of halogens is 3. The molecule has 27 heavy (non-hydrogen) atoms. The van der Waals surface area contributed by atoms with Crippen molar-refractivity contribution in [2.24, 2.45) is 0 Å². The average Bonchev–Trinajstić information content (AvgIpc) is 2.62. The number of carbonyl (C=O) groups excluding carboxylic acids is 1. The van der Waals surface area contributed by atoms with Gasteiger partial charge in [-0.1, -0.05) is 6.07 Å². The summed E-state index contributed by atoms with van der Waals surface area (Å²) in [5, 5.41) is 2.79. The minimum Gasteiger partial charge on any atom is -0.484 e. The Bertz CT molecular complexity index is 684. The van der Waals surface area contributed by atoms with Crippen LogP contribution in [0.15, 0.2) is 18.2 Å². The Balaban J connectivity index is 1.64. The van der Waals surface area contributed by atoms with Crippen molar-refractivity contribution in [3.05, 3.63) is 23.8 Å². The van der Waals surface area contributed by atoms with E-state index in [2.05, 4.69) is 10.2 Å². The Morgan fingerprint density at radius 3 is 2.89 bits per heavy atom. The van der Waals surface area contributed by atoms with Crippen LogP contribution in [-0.2, 0) is 4.74 Å². The molecule has 2 aliphatic rings. The zero-order valence-corrected chi connectivity index (χ0v) is 15.4. The number of benzene rings is 1. The Morgan fingerprint density at radius 2 is 2.15 bits per heavy atom. The van der Waals surface area contributed by atoms with Gasteiger partial charge in [-0.3, -0.25) is 4.90 Å². The molecular formula is C18H24F3N3O3. The van der Waals surface area contributed by atoms with Gasteiger partial charge in [-0.05, 0) is 32.5 Å². The molecule has 1 aromatic carbocycles. The van der Waals surface area contributed by atoms with Gasteiger partial charge in [0.05, 0.1) is 18.8 Å². The lowest BCUT2D eigenvalue weighted by atomic mass is 9.99. The van der Waals surface area contributed by atoms with Crippen molar-refractivity contribution in [1.82, 2.24) is 9.80 Å². The maximum atomic E-state index is 12.7. The second-order valence-corrected chi connectivity index (χ2v) is 6.95. The fraction of sp³-hybridized carbons (Fsp3) is 0.611. The van der Waals surface area contributed by atoms with E-state index in [1.807, 2.05) is 7.05 Å². The quantitative estimate of drug-likeness (QED) is 0.867. The highest BCUT2D eigenvalue weighted by Crippen LogP contribution is 2.28. The standard InChI is InChI=1S/C18H24F3N3O3/c1-12-13(4-3-5-15(12)27-11-18(19,20)21)22-17(25)24-7-6-16-14(10-24)23(2)8-9-26-16/h3-5,14,16H,6-11H2,1-2H3,(H,22,25). The van der Waals surface area contributed by atoms with Gasteiger partial charge in [0.2, 0.25) is 0 Å². The number of urea groups is 1. The van der Waals surface area contributed by atoms with Crippen LogP contribution in [0.4, 0.5) is 23.7 Å². The highest BCUT2D eigenvalue weighted by Gasteiger charge is 2.37. The minimum absolute atomic E-state index is 0.101. The third kappa shape index (κ3) is 4.84. The topological polar surface area (TPSA) is 54.0 Å². The minimum atomic E-state index is -4.41. The summed E-state index contributed by atoms with van der Waals surface area (Å²) in [4.78, 5) is 16.6. The molecule has 0 radical (unpaired) electrons. The molecule has 2 heterocycles. The van der Waals surface area contributed by atoms with Crippen molar-refractivity contribution < 1.29 is 27.4 Å². The monoisotopic (exact) mass is 387 g/mol. The first-order valence-electron chi connectivity index (χ1n) is 8.91. The van der Waals surface area contributed by atoms with E-state index in [1.165, 1.54) is 6.07 Å². The number of nitrogens with zero attached hydrogens (tertiary/aromatic N) is 2. The summed E-state index contributed by atoms with van der Waals surface area (Å²) in [6, 6.07) is 4.54. The van der Waals surface area contributed by atoms with Gasteiger partial charge in [-0.2, -0.15) is 13.2 Å².